The number of nitrogens with two attached hydrogens (primary N) is 1. The monoisotopic (exact) mass is 360 g/mol. The summed E-state index contributed by atoms with van der Waals surface area (Å²) in [4.78, 5) is 40.6. The van der Waals surface area contributed by atoms with Crippen molar-refractivity contribution in [2.75, 3.05) is 11.2 Å². The minimum Gasteiger partial charge on any atom is -0.369 e. The van der Waals surface area contributed by atoms with Crippen LogP contribution in [0.1, 0.15) is 32.1 Å². The van der Waals surface area contributed by atoms with Gasteiger partial charge in [0.05, 0.1) is 16.7 Å². The topological polar surface area (TPSA) is 107 Å². The fraction of sp³-hybridized carbons (Fsp3) is 0.412. The van der Waals surface area contributed by atoms with E-state index >= 15 is 0 Å². The van der Waals surface area contributed by atoms with Crippen LogP contribution in [0.5, 0.6) is 0 Å². The first-order chi connectivity index (χ1) is 12.0. The molecule has 1 aliphatic rings. The predicted molar refractivity (Wildman–Crippen MR) is 96.9 cm³/mol. The van der Waals surface area contributed by atoms with Crippen molar-refractivity contribution in [1.29, 1.82) is 0 Å². The van der Waals surface area contributed by atoms with E-state index in [1.807, 2.05) is 0 Å². The van der Waals surface area contributed by atoms with E-state index in [-0.39, 0.29) is 22.4 Å². The summed E-state index contributed by atoms with van der Waals surface area (Å²) in [7, 11) is 0. The Morgan fingerprint density at radius 3 is 2.72 bits per heavy atom. The number of aromatic nitrogens is 2. The number of benzene rings is 1. The third-order valence-electron chi connectivity index (χ3n) is 4.27. The maximum atomic E-state index is 12.7. The lowest BCUT2D eigenvalue weighted by Crippen LogP contribution is -2.36. The molecule has 3 rings (SSSR count). The molecular formula is C17H20N4O3S. The van der Waals surface area contributed by atoms with E-state index in [1.165, 1.54) is 0 Å². The van der Waals surface area contributed by atoms with Crippen LogP contribution in [0.25, 0.3) is 10.9 Å². The molecule has 0 saturated heterocycles. The molecule has 0 spiro atoms. The number of hydrogen-bond donors (Lipinski definition) is 2. The van der Waals surface area contributed by atoms with Crippen molar-refractivity contribution in [2.24, 2.45) is 11.7 Å². The van der Waals surface area contributed by atoms with Gasteiger partial charge in [-0.3, -0.25) is 19.8 Å². The fourth-order valence-corrected chi connectivity index (χ4v) is 3.78. The van der Waals surface area contributed by atoms with Gasteiger partial charge in [0.25, 0.3) is 5.56 Å². The van der Waals surface area contributed by atoms with E-state index in [9.17, 15) is 14.4 Å². The van der Waals surface area contributed by atoms with E-state index in [1.54, 1.807) is 24.3 Å². The molecular weight excluding hydrogens is 340 g/mol. The smallest absolute Gasteiger partial charge is 0.281 e. The number of nitrogens with one attached hydrogen (secondary N) is 1. The summed E-state index contributed by atoms with van der Waals surface area (Å²) in [5.41, 5.74) is 7.99. The van der Waals surface area contributed by atoms with Crippen LogP contribution in [0, 0.1) is 5.92 Å². The van der Waals surface area contributed by atoms with Crippen molar-refractivity contribution in [3.8, 4) is 0 Å². The molecule has 1 heterocycles. The molecule has 0 bridgehead atoms. The van der Waals surface area contributed by atoms with Crippen molar-refractivity contribution in [3.63, 3.8) is 0 Å². The predicted octanol–water partition coefficient (Wildman–Crippen LogP) is 1.62. The number of thioether (sulfide) groups is 1. The van der Waals surface area contributed by atoms with Gasteiger partial charge in [-0.1, -0.05) is 36.7 Å². The van der Waals surface area contributed by atoms with Crippen LogP contribution >= 0.6 is 11.8 Å². The molecule has 1 aromatic heterocycles. The van der Waals surface area contributed by atoms with Crippen LogP contribution in [-0.2, 0) is 9.59 Å². The van der Waals surface area contributed by atoms with Crippen LogP contribution in [-0.4, -0.2) is 27.2 Å². The second-order valence-corrected chi connectivity index (χ2v) is 7.14. The van der Waals surface area contributed by atoms with Gasteiger partial charge >= 0.3 is 0 Å². The Morgan fingerprint density at radius 2 is 2.00 bits per heavy atom. The molecule has 0 radical (unpaired) electrons. The summed E-state index contributed by atoms with van der Waals surface area (Å²) in [6, 6.07) is 6.90. The summed E-state index contributed by atoms with van der Waals surface area (Å²) in [5.74, 6) is -0.391. The Morgan fingerprint density at radius 1 is 1.28 bits per heavy atom. The highest BCUT2D eigenvalue weighted by Gasteiger charge is 2.20. The lowest BCUT2D eigenvalue weighted by molar-refractivity contribution is -0.118. The van der Waals surface area contributed by atoms with Crippen molar-refractivity contribution in [1.82, 2.24) is 9.66 Å². The third kappa shape index (κ3) is 4.19. The highest BCUT2D eigenvalue weighted by Crippen LogP contribution is 2.27. The lowest BCUT2D eigenvalue weighted by Gasteiger charge is -2.15. The summed E-state index contributed by atoms with van der Waals surface area (Å²) < 4.78 is 1.13. The number of carbonyl (C=O) groups excluding carboxylic acids is 2. The van der Waals surface area contributed by atoms with Crippen LogP contribution in [0.4, 0.5) is 0 Å². The Kier molecular flexibility index (Phi) is 5.37. The maximum absolute atomic E-state index is 12.7. The average Bonchev–Trinajstić information content (AvgIpc) is 3.08. The SMILES string of the molecule is NC(=O)CSc1nc2ccccc2c(=O)n1NC(=O)CC1CCCC1. The Hall–Kier alpha value is -2.35. The van der Waals surface area contributed by atoms with E-state index in [4.69, 9.17) is 5.73 Å². The zero-order valence-electron chi connectivity index (χ0n) is 13.7. The van der Waals surface area contributed by atoms with Gasteiger partial charge in [-0.15, -0.1) is 0 Å². The fourth-order valence-electron chi connectivity index (χ4n) is 3.09. The lowest BCUT2D eigenvalue weighted by atomic mass is 10.0. The molecule has 1 fully saturated rings. The molecule has 0 atom stereocenters. The van der Waals surface area contributed by atoms with E-state index in [2.05, 4.69) is 10.4 Å². The van der Waals surface area contributed by atoms with Crippen molar-refractivity contribution in [2.45, 2.75) is 37.3 Å². The van der Waals surface area contributed by atoms with Gasteiger partial charge in [0, 0.05) is 6.42 Å². The van der Waals surface area contributed by atoms with E-state index in [0.717, 1.165) is 42.1 Å². The number of primary amides is 1. The van der Waals surface area contributed by atoms with E-state index in [0.29, 0.717) is 23.2 Å². The molecule has 1 aromatic carbocycles. The summed E-state index contributed by atoms with van der Waals surface area (Å²) in [5, 5.41) is 0.661. The number of para-hydroxylation sites is 1. The van der Waals surface area contributed by atoms with Gasteiger partial charge in [0.2, 0.25) is 11.8 Å². The number of fused-ring (bicyclic) bond motifs is 1. The van der Waals surface area contributed by atoms with Gasteiger partial charge in [-0.2, -0.15) is 4.68 Å². The zero-order chi connectivity index (χ0) is 17.8. The van der Waals surface area contributed by atoms with Crippen molar-refractivity contribution in [3.05, 3.63) is 34.6 Å². The summed E-state index contributed by atoms with van der Waals surface area (Å²) in [6.07, 6.45) is 4.77. The second-order valence-electron chi connectivity index (χ2n) is 6.20. The van der Waals surface area contributed by atoms with Gasteiger partial charge in [0.1, 0.15) is 0 Å². The molecule has 0 aliphatic heterocycles. The highest BCUT2D eigenvalue weighted by molar-refractivity contribution is 7.99. The number of rotatable bonds is 6. The van der Waals surface area contributed by atoms with E-state index < -0.39 is 5.91 Å². The zero-order valence-corrected chi connectivity index (χ0v) is 14.6. The van der Waals surface area contributed by atoms with Gasteiger partial charge in [-0.25, -0.2) is 4.98 Å². The second kappa shape index (κ2) is 7.69. The van der Waals surface area contributed by atoms with Crippen LogP contribution in [0.15, 0.2) is 34.2 Å². The standard InChI is InChI=1S/C17H20N4O3S/c18-14(22)10-25-17-19-13-8-4-3-7-12(13)16(24)21(17)20-15(23)9-11-5-1-2-6-11/h3-4,7-8,11H,1-2,5-6,9-10H2,(H2,18,22)(H,20,23). The third-order valence-corrected chi connectivity index (χ3v) is 5.23. The van der Waals surface area contributed by atoms with Crippen LogP contribution in [0.3, 0.4) is 0 Å². The summed E-state index contributed by atoms with van der Waals surface area (Å²) >= 11 is 1.03. The van der Waals surface area contributed by atoms with Crippen LogP contribution in [0.2, 0.25) is 0 Å². The first kappa shape index (κ1) is 17.5. The van der Waals surface area contributed by atoms with Crippen molar-refractivity contribution < 1.29 is 9.59 Å². The normalized spacial score (nSPS) is 14.7. The Balaban J connectivity index is 1.91. The molecule has 2 aromatic rings. The number of nitrogens with zero attached hydrogens (tertiary/aromatic N) is 2. The number of amides is 2. The quantitative estimate of drug-likeness (QED) is 0.601. The summed E-state index contributed by atoms with van der Waals surface area (Å²) in [6.45, 7) is 0. The van der Waals surface area contributed by atoms with Crippen LogP contribution < -0.4 is 16.7 Å². The first-order valence-electron chi connectivity index (χ1n) is 8.27. The van der Waals surface area contributed by atoms with Gasteiger partial charge in [0.15, 0.2) is 5.16 Å². The minimum atomic E-state index is -0.517. The maximum Gasteiger partial charge on any atom is 0.281 e. The Labute approximate surface area is 149 Å². The molecule has 8 heteroatoms. The number of carbonyl (C=O) groups is 2. The molecule has 0 unspecified atom stereocenters. The molecule has 7 nitrogen and oxygen atoms in total. The largest absolute Gasteiger partial charge is 0.369 e. The first-order valence-corrected chi connectivity index (χ1v) is 9.26. The van der Waals surface area contributed by atoms with Gasteiger partial charge < -0.3 is 5.73 Å². The Bertz CT molecular complexity index is 859. The molecule has 1 saturated carbocycles. The molecule has 2 amide bonds. The van der Waals surface area contributed by atoms with Crippen molar-refractivity contribution >= 4 is 34.5 Å². The van der Waals surface area contributed by atoms with Gasteiger partial charge in [-0.05, 0) is 30.9 Å². The average molecular weight is 360 g/mol. The number of hydrogen-bond acceptors (Lipinski definition) is 5. The molecule has 25 heavy (non-hydrogen) atoms. The molecule has 132 valence electrons. The highest BCUT2D eigenvalue weighted by atomic mass is 32.2. The minimum absolute atomic E-state index is 0.0245. The molecule has 3 N–H and O–H groups in total. The molecule has 1 aliphatic carbocycles.